The van der Waals surface area contributed by atoms with E-state index >= 15 is 0 Å². The second kappa shape index (κ2) is 6.21. The normalized spacial score (nSPS) is 23.1. The molecule has 0 aliphatic carbocycles. The quantitative estimate of drug-likeness (QED) is 0.899. The van der Waals surface area contributed by atoms with E-state index in [9.17, 15) is 0 Å². The molecule has 20 heavy (non-hydrogen) atoms. The van der Waals surface area contributed by atoms with Gasteiger partial charge >= 0.3 is 0 Å². The van der Waals surface area contributed by atoms with Gasteiger partial charge in [-0.25, -0.2) is 0 Å². The first-order chi connectivity index (χ1) is 9.86. The SMILES string of the molecule is CO[C@@H]1CCOC[C@H]1NCc1cc(-c2ccco2)on1. The van der Waals surface area contributed by atoms with E-state index in [1.807, 2.05) is 18.2 Å². The number of hydrogen-bond acceptors (Lipinski definition) is 6. The maximum Gasteiger partial charge on any atom is 0.202 e. The summed E-state index contributed by atoms with van der Waals surface area (Å²) in [7, 11) is 1.73. The molecule has 0 saturated carbocycles. The molecule has 1 saturated heterocycles. The Labute approximate surface area is 117 Å². The van der Waals surface area contributed by atoms with Crippen LogP contribution in [-0.4, -0.2) is 37.6 Å². The molecular formula is C14H18N2O4. The van der Waals surface area contributed by atoms with Crippen LogP contribution < -0.4 is 5.32 Å². The molecule has 0 unspecified atom stereocenters. The average molecular weight is 278 g/mol. The van der Waals surface area contributed by atoms with Crippen LogP contribution in [0.25, 0.3) is 11.5 Å². The monoisotopic (exact) mass is 278 g/mol. The summed E-state index contributed by atoms with van der Waals surface area (Å²) in [5.74, 6) is 1.31. The van der Waals surface area contributed by atoms with E-state index < -0.39 is 0 Å². The minimum Gasteiger partial charge on any atom is -0.461 e. The minimum absolute atomic E-state index is 0.178. The Morgan fingerprint density at radius 1 is 1.45 bits per heavy atom. The van der Waals surface area contributed by atoms with Gasteiger partial charge in [0.15, 0.2) is 5.76 Å². The molecule has 0 bridgehead atoms. The van der Waals surface area contributed by atoms with Gasteiger partial charge in [0.25, 0.3) is 0 Å². The van der Waals surface area contributed by atoms with E-state index in [1.54, 1.807) is 13.4 Å². The van der Waals surface area contributed by atoms with Crippen LogP contribution in [0, 0.1) is 0 Å². The van der Waals surface area contributed by atoms with Crippen LogP contribution in [0.5, 0.6) is 0 Å². The number of methoxy groups -OCH3 is 1. The van der Waals surface area contributed by atoms with Crippen molar-refractivity contribution in [1.82, 2.24) is 10.5 Å². The summed E-state index contributed by atoms with van der Waals surface area (Å²) in [5, 5.41) is 7.42. The Kier molecular flexibility index (Phi) is 4.15. The molecule has 6 heteroatoms. The van der Waals surface area contributed by atoms with Crippen molar-refractivity contribution in [2.45, 2.75) is 25.1 Å². The molecule has 0 amide bonds. The summed E-state index contributed by atoms with van der Waals surface area (Å²) in [6.07, 6.45) is 2.70. The van der Waals surface area contributed by atoms with E-state index in [2.05, 4.69) is 10.5 Å². The summed E-state index contributed by atoms with van der Waals surface area (Å²) >= 11 is 0. The van der Waals surface area contributed by atoms with Gasteiger partial charge in [0.05, 0.1) is 30.7 Å². The molecule has 3 rings (SSSR count). The first-order valence-corrected chi connectivity index (χ1v) is 6.70. The number of furan rings is 1. The topological polar surface area (TPSA) is 69.7 Å². The number of ether oxygens (including phenoxy) is 2. The highest BCUT2D eigenvalue weighted by molar-refractivity contribution is 5.49. The second-order valence-electron chi connectivity index (χ2n) is 4.78. The molecular weight excluding hydrogens is 260 g/mol. The number of aromatic nitrogens is 1. The fourth-order valence-corrected chi connectivity index (χ4v) is 2.36. The third kappa shape index (κ3) is 2.92. The van der Waals surface area contributed by atoms with Gasteiger partial charge in [-0.3, -0.25) is 0 Å². The molecule has 0 aromatic carbocycles. The van der Waals surface area contributed by atoms with Gasteiger partial charge in [0, 0.05) is 26.3 Å². The first kappa shape index (κ1) is 13.4. The van der Waals surface area contributed by atoms with Gasteiger partial charge < -0.3 is 23.7 Å². The molecule has 6 nitrogen and oxygen atoms in total. The molecule has 2 atom stereocenters. The van der Waals surface area contributed by atoms with Gasteiger partial charge in [0.1, 0.15) is 0 Å². The van der Waals surface area contributed by atoms with Gasteiger partial charge in [-0.1, -0.05) is 5.16 Å². The molecule has 1 fully saturated rings. The Hall–Kier alpha value is -1.63. The Balaban J connectivity index is 1.58. The lowest BCUT2D eigenvalue weighted by molar-refractivity contribution is -0.0375. The molecule has 2 aromatic rings. The lowest BCUT2D eigenvalue weighted by Crippen LogP contribution is -2.47. The van der Waals surface area contributed by atoms with Crippen molar-refractivity contribution in [1.29, 1.82) is 0 Å². The first-order valence-electron chi connectivity index (χ1n) is 6.70. The third-order valence-electron chi connectivity index (χ3n) is 3.46. The minimum atomic E-state index is 0.178. The lowest BCUT2D eigenvalue weighted by Gasteiger charge is -2.30. The number of rotatable bonds is 5. The second-order valence-corrected chi connectivity index (χ2v) is 4.78. The van der Waals surface area contributed by atoms with E-state index in [0.717, 1.165) is 18.7 Å². The van der Waals surface area contributed by atoms with E-state index in [4.69, 9.17) is 18.4 Å². The zero-order valence-electron chi connectivity index (χ0n) is 11.4. The van der Waals surface area contributed by atoms with Gasteiger partial charge in [-0.05, 0) is 18.6 Å². The van der Waals surface area contributed by atoms with Crippen LogP contribution in [0.1, 0.15) is 12.1 Å². The van der Waals surface area contributed by atoms with Gasteiger partial charge in [-0.2, -0.15) is 0 Å². The zero-order valence-corrected chi connectivity index (χ0v) is 11.4. The van der Waals surface area contributed by atoms with Crippen LogP contribution in [-0.2, 0) is 16.0 Å². The highest BCUT2D eigenvalue weighted by Gasteiger charge is 2.25. The lowest BCUT2D eigenvalue weighted by atomic mass is 10.1. The van der Waals surface area contributed by atoms with Crippen LogP contribution in [0.4, 0.5) is 0 Å². The van der Waals surface area contributed by atoms with Crippen LogP contribution in [0.2, 0.25) is 0 Å². The summed E-state index contributed by atoms with van der Waals surface area (Å²) < 4.78 is 21.4. The summed E-state index contributed by atoms with van der Waals surface area (Å²) in [6, 6.07) is 5.71. The van der Waals surface area contributed by atoms with Crippen molar-refractivity contribution in [2.75, 3.05) is 20.3 Å². The molecule has 0 spiro atoms. The highest BCUT2D eigenvalue weighted by Crippen LogP contribution is 2.20. The number of nitrogens with zero attached hydrogens (tertiary/aromatic N) is 1. The van der Waals surface area contributed by atoms with Crippen LogP contribution in [0.15, 0.2) is 33.4 Å². The highest BCUT2D eigenvalue weighted by atomic mass is 16.5. The predicted octanol–water partition coefficient (Wildman–Crippen LogP) is 1.83. The molecule has 1 N–H and O–H groups in total. The number of nitrogens with one attached hydrogen (secondary N) is 1. The number of hydrogen-bond donors (Lipinski definition) is 1. The molecule has 108 valence electrons. The van der Waals surface area contributed by atoms with Crippen molar-refractivity contribution >= 4 is 0 Å². The van der Waals surface area contributed by atoms with Crippen molar-refractivity contribution < 1.29 is 18.4 Å². The van der Waals surface area contributed by atoms with Crippen molar-refractivity contribution in [3.63, 3.8) is 0 Å². The standard InChI is InChI=1S/C14H18N2O4/c1-17-12-4-6-18-9-11(12)15-8-10-7-14(20-16-10)13-3-2-5-19-13/h2-3,5,7,11-12,15H,4,6,8-9H2,1H3/t11-,12-/m1/s1. The van der Waals surface area contributed by atoms with E-state index in [1.165, 1.54) is 0 Å². The summed E-state index contributed by atoms with van der Waals surface area (Å²) in [6.45, 7) is 2.02. The van der Waals surface area contributed by atoms with Crippen LogP contribution >= 0.6 is 0 Å². The van der Waals surface area contributed by atoms with Crippen molar-refractivity contribution in [2.24, 2.45) is 0 Å². The Bertz CT molecular complexity index is 523. The predicted molar refractivity (Wildman–Crippen MR) is 71.1 cm³/mol. The van der Waals surface area contributed by atoms with Gasteiger partial charge in [0.2, 0.25) is 5.76 Å². The molecule has 1 aliphatic rings. The summed E-state index contributed by atoms with van der Waals surface area (Å²) in [5.41, 5.74) is 0.830. The Morgan fingerprint density at radius 3 is 3.20 bits per heavy atom. The molecule has 0 radical (unpaired) electrons. The molecule has 2 aromatic heterocycles. The fourth-order valence-electron chi connectivity index (χ4n) is 2.36. The van der Waals surface area contributed by atoms with Crippen molar-refractivity contribution in [3.8, 4) is 11.5 Å². The largest absolute Gasteiger partial charge is 0.461 e. The zero-order chi connectivity index (χ0) is 13.8. The van der Waals surface area contributed by atoms with Crippen molar-refractivity contribution in [3.05, 3.63) is 30.2 Å². The maximum atomic E-state index is 5.47. The molecule has 1 aliphatic heterocycles. The maximum absolute atomic E-state index is 5.47. The van der Waals surface area contributed by atoms with E-state index in [-0.39, 0.29) is 12.1 Å². The average Bonchev–Trinajstić information content (AvgIpc) is 3.16. The van der Waals surface area contributed by atoms with Gasteiger partial charge in [-0.15, -0.1) is 0 Å². The third-order valence-corrected chi connectivity index (χ3v) is 3.46. The summed E-state index contributed by atoms with van der Waals surface area (Å²) in [4.78, 5) is 0. The molecule has 3 heterocycles. The smallest absolute Gasteiger partial charge is 0.202 e. The Morgan fingerprint density at radius 2 is 2.40 bits per heavy atom. The van der Waals surface area contributed by atoms with E-state index in [0.29, 0.717) is 24.7 Å². The fraction of sp³-hybridized carbons (Fsp3) is 0.500. The van der Waals surface area contributed by atoms with Crippen LogP contribution in [0.3, 0.4) is 0 Å².